The highest BCUT2D eigenvalue weighted by Crippen LogP contribution is 2.19. The molecule has 0 aliphatic rings. The lowest BCUT2D eigenvalue weighted by atomic mass is 10.2. The molecule has 1 aromatic heterocycles. The number of ether oxygens (including phenoxy) is 1. The summed E-state index contributed by atoms with van der Waals surface area (Å²) < 4.78 is 39.6. The van der Waals surface area contributed by atoms with Crippen LogP contribution in [0.1, 0.15) is 10.4 Å². The van der Waals surface area contributed by atoms with Crippen LogP contribution in [-0.2, 0) is 4.74 Å². The Morgan fingerprint density at radius 2 is 2.19 bits per heavy atom. The van der Waals surface area contributed by atoms with Crippen LogP contribution in [0.5, 0.6) is 0 Å². The van der Waals surface area contributed by atoms with E-state index in [2.05, 4.69) is 15.0 Å². The summed E-state index contributed by atoms with van der Waals surface area (Å²) in [6.07, 6.45) is -3.57. The minimum absolute atomic E-state index is 0.214. The summed E-state index contributed by atoms with van der Waals surface area (Å²) in [6.45, 7) is -2.01. The molecule has 11 heteroatoms. The van der Waals surface area contributed by atoms with E-state index in [9.17, 15) is 28.1 Å². The molecule has 7 nitrogen and oxygen atoms in total. The average molecular weight is 328 g/mol. The summed E-state index contributed by atoms with van der Waals surface area (Å²) in [6, 6.07) is 0.918. The number of pyridine rings is 1. The van der Waals surface area contributed by atoms with E-state index >= 15 is 0 Å². The quantitative estimate of drug-likeness (QED) is 0.373. The second-order valence-electron chi connectivity index (χ2n) is 3.71. The lowest BCUT2D eigenvalue weighted by molar-refractivity contribution is -0.385. The monoisotopic (exact) mass is 327 g/mol. The van der Waals surface area contributed by atoms with E-state index in [1.807, 2.05) is 0 Å². The largest absolute Gasteiger partial charge is 0.411 e. The predicted octanol–water partition coefficient (Wildman–Crippen LogP) is 1.95. The molecule has 1 aromatic rings. The molecule has 0 bridgehead atoms. The van der Waals surface area contributed by atoms with E-state index in [0.29, 0.717) is 0 Å². The van der Waals surface area contributed by atoms with Crippen molar-refractivity contribution in [1.82, 2.24) is 10.3 Å². The van der Waals surface area contributed by atoms with Crippen molar-refractivity contribution in [2.75, 3.05) is 19.8 Å². The summed E-state index contributed by atoms with van der Waals surface area (Å²) in [4.78, 5) is 24.9. The molecule has 0 atom stereocenters. The topological polar surface area (TPSA) is 94.4 Å². The Kier molecular flexibility index (Phi) is 5.85. The zero-order valence-electron chi connectivity index (χ0n) is 10.3. The molecular weight excluding hydrogens is 319 g/mol. The Morgan fingerprint density at radius 3 is 2.76 bits per heavy atom. The molecule has 0 aliphatic carbocycles. The number of nitro groups is 1. The fourth-order valence-corrected chi connectivity index (χ4v) is 1.41. The van der Waals surface area contributed by atoms with Gasteiger partial charge in [0.25, 0.3) is 11.6 Å². The van der Waals surface area contributed by atoms with Gasteiger partial charge in [0, 0.05) is 12.6 Å². The summed E-state index contributed by atoms with van der Waals surface area (Å²) in [7, 11) is 0. The molecule has 0 unspecified atom stereocenters. The van der Waals surface area contributed by atoms with Crippen LogP contribution in [0.4, 0.5) is 18.9 Å². The van der Waals surface area contributed by atoms with Crippen molar-refractivity contribution in [2.45, 2.75) is 6.18 Å². The minimum Gasteiger partial charge on any atom is -0.370 e. The summed E-state index contributed by atoms with van der Waals surface area (Å²) >= 11 is 5.62. The number of alkyl halides is 3. The Hall–Kier alpha value is -1.94. The molecule has 0 saturated carbocycles. The van der Waals surface area contributed by atoms with Crippen LogP contribution >= 0.6 is 11.6 Å². The van der Waals surface area contributed by atoms with Crippen LogP contribution < -0.4 is 5.32 Å². The fourth-order valence-electron chi connectivity index (χ4n) is 1.22. The molecule has 0 radical (unpaired) electrons. The second kappa shape index (κ2) is 7.18. The second-order valence-corrected chi connectivity index (χ2v) is 4.07. The first kappa shape index (κ1) is 17.1. The van der Waals surface area contributed by atoms with Gasteiger partial charge in [-0.2, -0.15) is 13.2 Å². The van der Waals surface area contributed by atoms with E-state index in [0.717, 1.165) is 12.3 Å². The van der Waals surface area contributed by atoms with Crippen LogP contribution in [0, 0.1) is 10.1 Å². The number of carbonyl (C=O) groups excluding carboxylic acids is 1. The van der Waals surface area contributed by atoms with Gasteiger partial charge in [0.1, 0.15) is 18.0 Å². The number of halogens is 4. The first-order chi connectivity index (χ1) is 9.70. The third-order valence-corrected chi connectivity index (χ3v) is 2.38. The van der Waals surface area contributed by atoms with E-state index in [1.165, 1.54) is 0 Å². The molecule has 1 rings (SSSR count). The molecule has 0 saturated heterocycles. The van der Waals surface area contributed by atoms with Gasteiger partial charge in [0.2, 0.25) is 0 Å². The molecule has 1 N–H and O–H groups in total. The van der Waals surface area contributed by atoms with Crippen molar-refractivity contribution in [2.24, 2.45) is 0 Å². The highest BCUT2D eigenvalue weighted by atomic mass is 35.5. The zero-order chi connectivity index (χ0) is 16.0. The van der Waals surface area contributed by atoms with Gasteiger partial charge in [0.05, 0.1) is 17.1 Å². The van der Waals surface area contributed by atoms with E-state index in [-0.39, 0.29) is 23.9 Å². The van der Waals surface area contributed by atoms with Gasteiger partial charge in [-0.1, -0.05) is 11.6 Å². The highest BCUT2D eigenvalue weighted by molar-refractivity contribution is 6.32. The maximum Gasteiger partial charge on any atom is 0.411 e. The lowest BCUT2D eigenvalue weighted by Crippen LogP contribution is -2.29. The molecule has 0 aromatic carbocycles. The standard InChI is InChI=1S/C10H9ClF3N3O4/c11-8-7(3-6(4-16-8)17(19)20)9(18)15-1-2-21-5-10(12,13)14/h3-4H,1-2,5H2,(H,15,18). The fraction of sp³-hybridized carbons (Fsp3) is 0.400. The minimum atomic E-state index is -4.45. The van der Waals surface area contributed by atoms with Crippen LogP contribution in [0.3, 0.4) is 0 Å². The Bertz CT molecular complexity index is 539. The van der Waals surface area contributed by atoms with Gasteiger partial charge in [-0.3, -0.25) is 14.9 Å². The lowest BCUT2D eigenvalue weighted by Gasteiger charge is -2.09. The third kappa shape index (κ3) is 5.92. The third-order valence-electron chi connectivity index (χ3n) is 2.08. The van der Waals surface area contributed by atoms with Crippen molar-refractivity contribution in [3.8, 4) is 0 Å². The number of rotatable bonds is 6. The number of hydrogen-bond donors (Lipinski definition) is 1. The maximum absolute atomic E-state index is 11.8. The van der Waals surface area contributed by atoms with E-state index in [4.69, 9.17) is 11.6 Å². The normalized spacial score (nSPS) is 11.2. The first-order valence-electron chi connectivity index (χ1n) is 5.43. The number of nitrogens with zero attached hydrogens (tertiary/aromatic N) is 2. The summed E-state index contributed by atoms with van der Waals surface area (Å²) in [5.74, 6) is -0.799. The average Bonchev–Trinajstić information content (AvgIpc) is 2.36. The van der Waals surface area contributed by atoms with Crippen molar-refractivity contribution >= 4 is 23.2 Å². The molecular formula is C10H9ClF3N3O4. The SMILES string of the molecule is O=C(NCCOCC(F)(F)F)c1cc([N+](=O)[O-])cnc1Cl. The molecule has 0 fully saturated rings. The van der Waals surface area contributed by atoms with Crippen LogP contribution in [0.2, 0.25) is 5.15 Å². The molecule has 1 amide bonds. The van der Waals surface area contributed by atoms with Gasteiger partial charge < -0.3 is 10.1 Å². The van der Waals surface area contributed by atoms with Gasteiger partial charge in [-0.05, 0) is 0 Å². The number of aromatic nitrogens is 1. The Morgan fingerprint density at radius 1 is 1.52 bits per heavy atom. The van der Waals surface area contributed by atoms with E-state index < -0.39 is 29.3 Å². The number of hydrogen-bond acceptors (Lipinski definition) is 5. The van der Waals surface area contributed by atoms with E-state index in [1.54, 1.807) is 0 Å². The zero-order valence-corrected chi connectivity index (χ0v) is 11.1. The Balaban J connectivity index is 2.52. The molecule has 0 spiro atoms. The van der Waals surface area contributed by atoms with Crippen LogP contribution in [-0.4, -0.2) is 41.7 Å². The molecule has 116 valence electrons. The molecule has 21 heavy (non-hydrogen) atoms. The maximum atomic E-state index is 11.8. The van der Waals surface area contributed by atoms with Crippen LogP contribution in [0.25, 0.3) is 0 Å². The number of nitrogens with one attached hydrogen (secondary N) is 1. The highest BCUT2D eigenvalue weighted by Gasteiger charge is 2.27. The Labute approximate surface area is 121 Å². The summed E-state index contributed by atoms with van der Waals surface area (Å²) in [5, 5.41) is 12.5. The van der Waals surface area contributed by atoms with Crippen molar-refractivity contribution in [3.63, 3.8) is 0 Å². The molecule has 0 aliphatic heterocycles. The number of carbonyl (C=O) groups is 1. The van der Waals surface area contributed by atoms with Gasteiger partial charge >= 0.3 is 6.18 Å². The molecule has 1 heterocycles. The van der Waals surface area contributed by atoms with Crippen molar-refractivity contribution in [3.05, 3.63) is 33.1 Å². The predicted molar refractivity (Wildman–Crippen MR) is 65.1 cm³/mol. The smallest absolute Gasteiger partial charge is 0.370 e. The van der Waals surface area contributed by atoms with Crippen LogP contribution in [0.15, 0.2) is 12.3 Å². The summed E-state index contributed by atoms with van der Waals surface area (Å²) in [5.41, 5.74) is -0.681. The first-order valence-corrected chi connectivity index (χ1v) is 5.81. The van der Waals surface area contributed by atoms with Crippen molar-refractivity contribution < 1.29 is 27.6 Å². The van der Waals surface area contributed by atoms with Gasteiger partial charge in [0.15, 0.2) is 0 Å². The van der Waals surface area contributed by atoms with Gasteiger partial charge in [-0.25, -0.2) is 4.98 Å². The van der Waals surface area contributed by atoms with Crippen molar-refractivity contribution in [1.29, 1.82) is 0 Å². The number of amides is 1. The van der Waals surface area contributed by atoms with Gasteiger partial charge in [-0.15, -0.1) is 0 Å².